The lowest BCUT2D eigenvalue weighted by atomic mass is 9.94. The van der Waals surface area contributed by atoms with Gasteiger partial charge in [-0.05, 0) is 42.3 Å². The Morgan fingerprint density at radius 2 is 1.54 bits per heavy atom. The van der Waals surface area contributed by atoms with Gasteiger partial charge in [-0.1, -0.05) is 24.3 Å². The summed E-state index contributed by atoms with van der Waals surface area (Å²) in [7, 11) is 0. The summed E-state index contributed by atoms with van der Waals surface area (Å²) < 4.78 is 26.7. The van der Waals surface area contributed by atoms with E-state index in [1.54, 1.807) is 24.3 Å². The SMILES string of the molecule is C[C@H]1CN(C(c2ccc(F)cc2)c2ccc(F)cc2)[C@H](CO)CN1. The van der Waals surface area contributed by atoms with E-state index in [1.165, 1.54) is 24.3 Å². The minimum Gasteiger partial charge on any atom is -0.395 e. The molecule has 0 aromatic heterocycles. The Hall–Kier alpha value is -1.82. The van der Waals surface area contributed by atoms with Crippen molar-refractivity contribution >= 4 is 0 Å². The number of halogens is 2. The number of piperazine rings is 1. The van der Waals surface area contributed by atoms with Crippen molar-refractivity contribution in [3.8, 4) is 0 Å². The van der Waals surface area contributed by atoms with Crippen LogP contribution in [0.25, 0.3) is 0 Å². The Morgan fingerprint density at radius 3 is 2.00 bits per heavy atom. The van der Waals surface area contributed by atoms with Gasteiger partial charge in [0.1, 0.15) is 11.6 Å². The first-order chi connectivity index (χ1) is 11.6. The molecule has 0 unspecified atom stereocenters. The topological polar surface area (TPSA) is 35.5 Å². The number of nitrogens with one attached hydrogen (secondary N) is 1. The summed E-state index contributed by atoms with van der Waals surface area (Å²) in [6, 6.07) is 12.8. The molecule has 0 radical (unpaired) electrons. The number of hydrogen-bond donors (Lipinski definition) is 2. The predicted octanol–water partition coefficient (Wildman–Crippen LogP) is 2.71. The molecule has 24 heavy (non-hydrogen) atoms. The lowest BCUT2D eigenvalue weighted by molar-refractivity contribution is 0.0602. The van der Waals surface area contributed by atoms with Gasteiger partial charge in [0.2, 0.25) is 0 Å². The first kappa shape index (κ1) is 17.0. The van der Waals surface area contributed by atoms with E-state index in [1.807, 2.05) is 0 Å². The van der Waals surface area contributed by atoms with Gasteiger partial charge in [-0.25, -0.2) is 8.78 Å². The van der Waals surface area contributed by atoms with Crippen molar-refractivity contribution in [3.05, 3.63) is 71.3 Å². The van der Waals surface area contributed by atoms with E-state index < -0.39 is 0 Å². The van der Waals surface area contributed by atoms with E-state index in [2.05, 4.69) is 17.1 Å². The Bertz CT molecular complexity index is 615. The first-order valence-corrected chi connectivity index (χ1v) is 8.19. The van der Waals surface area contributed by atoms with Crippen LogP contribution in [-0.4, -0.2) is 41.8 Å². The van der Waals surface area contributed by atoms with Gasteiger partial charge >= 0.3 is 0 Å². The molecule has 2 atom stereocenters. The molecule has 0 spiro atoms. The van der Waals surface area contributed by atoms with Crippen molar-refractivity contribution in [2.45, 2.75) is 25.0 Å². The van der Waals surface area contributed by atoms with Crippen molar-refractivity contribution < 1.29 is 13.9 Å². The standard InChI is InChI=1S/C19H22F2N2O/c1-13-11-23(18(12-24)10-22-13)19(14-2-6-16(20)7-3-14)15-4-8-17(21)9-5-15/h2-9,13,18-19,22,24H,10-12H2,1H3/t13-,18-/m0/s1. The summed E-state index contributed by atoms with van der Waals surface area (Å²) in [5.41, 5.74) is 1.85. The quantitative estimate of drug-likeness (QED) is 0.904. The van der Waals surface area contributed by atoms with Crippen LogP contribution in [0.5, 0.6) is 0 Å². The summed E-state index contributed by atoms with van der Waals surface area (Å²) in [6.45, 7) is 3.53. The van der Waals surface area contributed by atoms with Gasteiger partial charge in [0.05, 0.1) is 12.6 Å². The van der Waals surface area contributed by atoms with Crippen molar-refractivity contribution in [2.75, 3.05) is 19.7 Å². The van der Waals surface area contributed by atoms with E-state index in [4.69, 9.17) is 0 Å². The van der Waals surface area contributed by atoms with Crippen LogP contribution in [0, 0.1) is 11.6 Å². The summed E-state index contributed by atoms with van der Waals surface area (Å²) >= 11 is 0. The Balaban J connectivity index is 2.03. The highest BCUT2D eigenvalue weighted by molar-refractivity contribution is 5.33. The zero-order valence-electron chi connectivity index (χ0n) is 13.6. The summed E-state index contributed by atoms with van der Waals surface area (Å²) in [5, 5.41) is 13.1. The maximum absolute atomic E-state index is 13.3. The highest BCUT2D eigenvalue weighted by Gasteiger charge is 2.32. The molecule has 2 aromatic rings. The smallest absolute Gasteiger partial charge is 0.123 e. The fourth-order valence-electron chi connectivity index (χ4n) is 3.34. The van der Waals surface area contributed by atoms with Crippen LogP contribution in [-0.2, 0) is 0 Å². The lowest BCUT2D eigenvalue weighted by Crippen LogP contribution is -2.57. The Kier molecular flexibility index (Phi) is 5.23. The Labute approximate surface area is 140 Å². The zero-order chi connectivity index (χ0) is 17.1. The van der Waals surface area contributed by atoms with Crippen molar-refractivity contribution in [3.63, 3.8) is 0 Å². The van der Waals surface area contributed by atoms with Crippen molar-refractivity contribution in [1.29, 1.82) is 0 Å². The zero-order valence-corrected chi connectivity index (χ0v) is 13.6. The van der Waals surface area contributed by atoms with Gasteiger partial charge in [-0.3, -0.25) is 4.90 Å². The first-order valence-electron chi connectivity index (χ1n) is 8.19. The second-order valence-electron chi connectivity index (χ2n) is 6.35. The predicted molar refractivity (Wildman–Crippen MR) is 89.7 cm³/mol. The second kappa shape index (κ2) is 7.38. The van der Waals surface area contributed by atoms with Crippen LogP contribution in [0.4, 0.5) is 8.78 Å². The average Bonchev–Trinajstić information content (AvgIpc) is 2.59. The molecule has 1 aliphatic heterocycles. The molecule has 0 amide bonds. The Morgan fingerprint density at radius 1 is 1.04 bits per heavy atom. The maximum atomic E-state index is 13.3. The molecule has 3 rings (SSSR count). The molecule has 2 aromatic carbocycles. The fraction of sp³-hybridized carbons (Fsp3) is 0.368. The van der Waals surface area contributed by atoms with Gasteiger partial charge in [0.15, 0.2) is 0 Å². The highest BCUT2D eigenvalue weighted by atomic mass is 19.1. The van der Waals surface area contributed by atoms with Gasteiger partial charge < -0.3 is 10.4 Å². The summed E-state index contributed by atoms with van der Waals surface area (Å²) in [4.78, 5) is 2.21. The van der Waals surface area contributed by atoms with Crippen LogP contribution >= 0.6 is 0 Å². The number of rotatable bonds is 4. The number of hydrogen-bond acceptors (Lipinski definition) is 3. The molecule has 3 nitrogen and oxygen atoms in total. The highest BCUT2D eigenvalue weighted by Crippen LogP contribution is 2.32. The molecule has 5 heteroatoms. The van der Waals surface area contributed by atoms with Gasteiger partial charge in [-0.15, -0.1) is 0 Å². The molecule has 128 valence electrons. The number of aliphatic hydroxyl groups excluding tert-OH is 1. The van der Waals surface area contributed by atoms with Gasteiger partial charge in [0, 0.05) is 25.2 Å². The van der Waals surface area contributed by atoms with Crippen LogP contribution in [0.2, 0.25) is 0 Å². The van der Waals surface area contributed by atoms with Crippen LogP contribution in [0.1, 0.15) is 24.1 Å². The minimum atomic E-state index is -0.288. The number of benzene rings is 2. The average molecular weight is 332 g/mol. The van der Waals surface area contributed by atoms with Crippen LogP contribution in [0.3, 0.4) is 0 Å². The van der Waals surface area contributed by atoms with Crippen LogP contribution in [0.15, 0.2) is 48.5 Å². The molecule has 1 saturated heterocycles. The van der Waals surface area contributed by atoms with Gasteiger partial charge in [-0.2, -0.15) is 0 Å². The second-order valence-corrected chi connectivity index (χ2v) is 6.35. The lowest BCUT2D eigenvalue weighted by Gasteiger charge is -2.43. The molecule has 2 N–H and O–H groups in total. The fourth-order valence-corrected chi connectivity index (χ4v) is 3.34. The third-order valence-electron chi connectivity index (χ3n) is 4.57. The maximum Gasteiger partial charge on any atom is 0.123 e. The largest absolute Gasteiger partial charge is 0.395 e. The molecular weight excluding hydrogens is 310 g/mol. The van der Waals surface area contributed by atoms with E-state index in [-0.39, 0.29) is 36.4 Å². The normalized spacial score (nSPS) is 22.0. The molecular formula is C19H22F2N2O. The molecule has 0 saturated carbocycles. The van der Waals surface area contributed by atoms with E-state index in [0.717, 1.165) is 17.7 Å². The van der Waals surface area contributed by atoms with Crippen molar-refractivity contribution in [1.82, 2.24) is 10.2 Å². The molecule has 1 heterocycles. The van der Waals surface area contributed by atoms with E-state index in [9.17, 15) is 13.9 Å². The molecule has 1 aliphatic rings. The number of aliphatic hydroxyl groups is 1. The van der Waals surface area contributed by atoms with E-state index in [0.29, 0.717) is 6.54 Å². The molecule has 0 aliphatic carbocycles. The monoisotopic (exact) mass is 332 g/mol. The molecule has 1 fully saturated rings. The molecule has 0 bridgehead atoms. The minimum absolute atomic E-state index is 0.0264. The third kappa shape index (κ3) is 3.64. The van der Waals surface area contributed by atoms with E-state index >= 15 is 0 Å². The number of nitrogens with zero attached hydrogens (tertiary/aromatic N) is 1. The van der Waals surface area contributed by atoms with Gasteiger partial charge in [0.25, 0.3) is 0 Å². The van der Waals surface area contributed by atoms with Crippen molar-refractivity contribution in [2.24, 2.45) is 0 Å². The summed E-state index contributed by atoms with van der Waals surface area (Å²) in [6.07, 6.45) is 0. The third-order valence-corrected chi connectivity index (χ3v) is 4.57. The van der Waals surface area contributed by atoms with Crippen LogP contribution < -0.4 is 5.32 Å². The summed E-state index contributed by atoms with van der Waals surface area (Å²) in [5.74, 6) is -0.576.